The first kappa shape index (κ1) is 24.7. The predicted molar refractivity (Wildman–Crippen MR) is 123 cm³/mol. The minimum absolute atomic E-state index is 0.0271. The van der Waals surface area contributed by atoms with Crippen molar-refractivity contribution in [2.24, 2.45) is 0 Å². The van der Waals surface area contributed by atoms with Gasteiger partial charge in [0.2, 0.25) is 5.91 Å². The van der Waals surface area contributed by atoms with Gasteiger partial charge in [-0.25, -0.2) is 0 Å². The maximum atomic E-state index is 12.9. The molecule has 1 heterocycles. The van der Waals surface area contributed by atoms with Gasteiger partial charge >= 0.3 is 6.18 Å². The zero-order chi connectivity index (χ0) is 24.0. The summed E-state index contributed by atoms with van der Waals surface area (Å²) >= 11 is 4.50. The van der Waals surface area contributed by atoms with Gasteiger partial charge in [0.1, 0.15) is 5.82 Å². The summed E-state index contributed by atoms with van der Waals surface area (Å²) in [5.74, 6) is -0.218. The largest absolute Gasteiger partial charge is 0.416 e. The number of nitrogens with zero attached hydrogens (tertiary/aromatic N) is 3. The van der Waals surface area contributed by atoms with Crippen molar-refractivity contribution in [3.8, 4) is 0 Å². The van der Waals surface area contributed by atoms with Crippen molar-refractivity contribution in [2.45, 2.75) is 24.3 Å². The molecule has 0 spiro atoms. The number of hydrogen-bond donors (Lipinski definition) is 1. The zero-order valence-electron chi connectivity index (χ0n) is 17.1. The van der Waals surface area contributed by atoms with E-state index in [2.05, 4.69) is 38.0 Å². The first-order valence-corrected chi connectivity index (χ1v) is 11.4. The minimum Gasteiger partial charge on any atom is -0.326 e. The molecule has 0 aliphatic heterocycles. The van der Waals surface area contributed by atoms with Crippen LogP contribution in [0.1, 0.15) is 21.7 Å². The number of aromatic nitrogens is 3. The number of anilines is 1. The molecule has 0 fully saturated rings. The molecule has 6 nitrogen and oxygen atoms in total. The Morgan fingerprint density at radius 3 is 2.55 bits per heavy atom. The van der Waals surface area contributed by atoms with E-state index in [1.54, 1.807) is 34.9 Å². The van der Waals surface area contributed by atoms with E-state index in [1.165, 1.54) is 23.9 Å². The fourth-order valence-electron chi connectivity index (χ4n) is 2.84. The molecule has 11 heteroatoms. The monoisotopic (exact) mass is 538 g/mol. The number of amides is 1. The van der Waals surface area contributed by atoms with E-state index in [4.69, 9.17) is 0 Å². The molecule has 0 atom stereocenters. The summed E-state index contributed by atoms with van der Waals surface area (Å²) in [4.78, 5) is 24.8. The molecule has 2 aromatic carbocycles. The fraction of sp³-hybridized carbons (Fsp3) is 0.182. The fourth-order valence-corrected chi connectivity index (χ4v) is 3.97. The van der Waals surface area contributed by atoms with Crippen LogP contribution in [0.2, 0.25) is 0 Å². The average Bonchev–Trinajstić information content (AvgIpc) is 3.13. The number of thioether (sulfide) groups is 1. The normalized spacial score (nSPS) is 11.3. The molecule has 172 valence electrons. The van der Waals surface area contributed by atoms with Gasteiger partial charge in [-0.05, 0) is 30.3 Å². The van der Waals surface area contributed by atoms with Crippen LogP contribution < -0.4 is 5.32 Å². The molecule has 33 heavy (non-hydrogen) atoms. The average molecular weight is 539 g/mol. The summed E-state index contributed by atoms with van der Waals surface area (Å²) in [6.45, 7) is 3.98. The van der Waals surface area contributed by atoms with Crippen LogP contribution in [-0.4, -0.2) is 32.2 Å². The third-order valence-electron chi connectivity index (χ3n) is 4.40. The molecule has 0 aliphatic rings. The van der Waals surface area contributed by atoms with Crippen LogP contribution in [-0.2, 0) is 23.9 Å². The highest BCUT2D eigenvalue weighted by atomic mass is 79.9. The van der Waals surface area contributed by atoms with Crippen LogP contribution in [0.5, 0.6) is 0 Å². The first-order chi connectivity index (χ1) is 15.7. The Hall–Kier alpha value is -2.92. The summed E-state index contributed by atoms with van der Waals surface area (Å²) in [7, 11) is 0. The Bertz CT molecular complexity index is 1160. The lowest BCUT2D eigenvalue weighted by Gasteiger charge is -2.10. The van der Waals surface area contributed by atoms with Crippen molar-refractivity contribution >= 4 is 45.1 Å². The van der Waals surface area contributed by atoms with Crippen molar-refractivity contribution in [1.29, 1.82) is 0 Å². The third kappa shape index (κ3) is 6.78. The van der Waals surface area contributed by atoms with Crippen molar-refractivity contribution < 1.29 is 22.8 Å². The molecule has 3 aromatic rings. The van der Waals surface area contributed by atoms with Gasteiger partial charge in [0, 0.05) is 22.3 Å². The zero-order valence-corrected chi connectivity index (χ0v) is 19.5. The SMILES string of the molecule is C=CCn1c(CC(=O)Nc2cccc(C(F)(F)F)c2)nnc1SCC(=O)c1ccc(Br)cc1. The quantitative estimate of drug-likeness (QED) is 0.224. The van der Waals surface area contributed by atoms with Crippen LogP contribution in [0, 0.1) is 0 Å². The van der Waals surface area contributed by atoms with Crippen molar-refractivity contribution in [3.63, 3.8) is 0 Å². The van der Waals surface area contributed by atoms with E-state index in [-0.39, 0.29) is 23.6 Å². The van der Waals surface area contributed by atoms with Gasteiger partial charge in [-0.3, -0.25) is 9.59 Å². The van der Waals surface area contributed by atoms with Crippen molar-refractivity contribution in [2.75, 3.05) is 11.1 Å². The Morgan fingerprint density at radius 2 is 1.88 bits per heavy atom. The van der Waals surface area contributed by atoms with Crippen LogP contribution in [0.25, 0.3) is 0 Å². The molecule has 1 N–H and O–H groups in total. The summed E-state index contributed by atoms with van der Waals surface area (Å²) in [5, 5.41) is 11.0. The van der Waals surface area contributed by atoms with Crippen LogP contribution in [0.15, 0.2) is 70.8 Å². The van der Waals surface area contributed by atoms with E-state index in [0.29, 0.717) is 23.1 Å². The highest BCUT2D eigenvalue weighted by Crippen LogP contribution is 2.30. The van der Waals surface area contributed by atoms with Gasteiger partial charge in [-0.15, -0.1) is 16.8 Å². The van der Waals surface area contributed by atoms with E-state index in [1.807, 2.05) is 0 Å². The van der Waals surface area contributed by atoms with Gasteiger partial charge in [-0.1, -0.05) is 52.0 Å². The number of halogens is 4. The van der Waals surface area contributed by atoms with Gasteiger partial charge in [0.15, 0.2) is 10.9 Å². The lowest BCUT2D eigenvalue weighted by molar-refractivity contribution is -0.137. The molecule has 1 amide bonds. The number of benzene rings is 2. The van der Waals surface area contributed by atoms with Crippen LogP contribution in [0.3, 0.4) is 0 Å². The number of allylic oxidation sites excluding steroid dienone is 1. The number of carbonyl (C=O) groups is 2. The first-order valence-electron chi connectivity index (χ1n) is 9.59. The Kier molecular flexibility index (Phi) is 8.09. The second-order valence-electron chi connectivity index (χ2n) is 6.82. The number of carbonyl (C=O) groups excluding carboxylic acids is 2. The van der Waals surface area contributed by atoms with Gasteiger partial charge in [-0.2, -0.15) is 13.2 Å². The molecule has 0 unspecified atom stereocenters. The summed E-state index contributed by atoms with van der Waals surface area (Å²) in [5.41, 5.74) is -0.273. The summed E-state index contributed by atoms with van der Waals surface area (Å²) in [6, 6.07) is 11.4. The predicted octanol–water partition coefficient (Wildman–Crippen LogP) is 5.40. The van der Waals surface area contributed by atoms with E-state index < -0.39 is 17.6 Å². The smallest absolute Gasteiger partial charge is 0.326 e. The standard InChI is InChI=1S/C22H18BrF3N4O2S/c1-2-10-30-19(12-20(32)27-17-5-3-4-15(11-17)22(24,25)26)28-29-21(30)33-13-18(31)14-6-8-16(23)9-7-14/h2-9,11H,1,10,12-13H2,(H,27,32). The van der Waals surface area contributed by atoms with Gasteiger partial charge < -0.3 is 9.88 Å². The van der Waals surface area contributed by atoms with Crippen LogP contribution in [0.4, 0.5) is 18.9 Å². The van der Waals surface area contributed by atoms with E-state index in [9.17, 15) is 22.8 Å². The number of alkyl halides is 3. The summed E-state index contributed by atoms with van der Waals surface area (Å²) in [6.07, 6.45) is -3.12. The molecule has 1 aromatic heterocycles. The molecule has 3 rings (SSSR count). The van der Waals surface area contributed by atoms with Crippen molar-refractivity contribution in [1.82, 2.24) is 14.8 Å². The van der Waals surface area contributed by atoms with Gasteiger partial charge in [0.25, 0.3) is 0 Å². The maximum absolute atomic E-state index is 12.9. The number of Topliss-reactive ketones (excluding diaryl/α,β-unsaturated/α-hetero) is 1. The number of nitrogens with one attached hydrogen (secondary N) is 1. The van der Waals surface area contributed by atoms with Crippen LogP contribution >= 0.6 is 27.7 Å². The molecule has 0 saturated carbocycles. The Balaban J connectivity index is 1.67. The molecule has 0 aliphatic carbocycles. The minimum atomic E-state index is -4.51. The van der Waals surface area contributed by atoms with E-state index >= 15 is 0 Å². The topological polar surface area (TPSA) is 76.9 Å². The molecule has 0 radical (unpaired) electrons. The lowest BCUT2D eigenvalue weighted by Crippen LogP contribution is -2.18. The second-order valence-corrected chi connectivity index (χ2v) is 8.68. The third-order valence-corrected chi connectivity index (χ3v) is 5.89. The number of hydrogen-bond acceptors (Lipinski definition) is 5. The summed E-state index contributed by atoms with van der Waals surface area (Å²) < 4.78 is 41.1. The van der Waals surface area contributed by atoms with Crippen molar-refractivity contribution in [3.05, 3.63) is 82.6 Å². The number of ketones is 1. The number of rotatable bonds is 9. The maximum Gasteiger partial charge on any atom is 0.416 e. The molecule has 0 saturated heterocycles. The second kappa shape index (κ2) is 10.8. The van der Waals surface area contributed by atoms with E-state index in [0.717, 1.165) is 16.6 Å². The van der Waals surface area contributed by atoms with Gasteiger partial charge in [0.05, 0.1) is 17.7 Å². The highest BCUT2D eigenvalue weighted by molar-refractivity contribution is 9.10. The Labute approximate surface area is 200 Å². The molecular formula is C22H18BrF3N4O2S. The molecular weight excluding hydrogens is 521 g/mol. The molecule has 0 bridgehead atoms. The highest BCUT2D eigenvalue weighted by Gasteiger charge is 2.30. The Morgan fingerprint density at radius 1 is 1.15 bits per heavy atom. The lowest BCUT2D eigenvalue weighted by atomic mass is 10.2.